The summed E-state index contributed by atoms with van der Waals surface area (Å²) in [4.78, 5) is 13.7. The number of aromatic nitrogens is 4. The summed E-state index contributed by atoms with van der Waals surface area (Å²) in [5.41, 5.74) is 6.98. The lowest BCUT2D eigenvalue weighted by Crippen LogP contribution is -1.97. The minimum Gasteiger partial charge on any atom is -0.338 e. The number of fused-ring (bicyclic) bond motifs is 1. The van der Waals surface area contributed by atoms with Crippen LogP contribution < -0.4 is 5.32 Å². The number of pyridine rings is 3. The van der Waals surface area contributed by atoms with Crippen LogP contribution in [0.5, 0.6) is 0 Å². The van der Waals surface area contributed by atoms with Gasteiger partial charge in [-0.15, -0.1) is 12.4 Å². The number of anilines is 2. The molecule has 0 atom stereocenters. The summed E-state index contributed by atoms with van der Waals surface area (Å²) in [6, 6.07) is 9.96. The highest BCUT2D eigenvalue weighted by molar-refractivity contribution is 6.33. The average molecular weight is 428 g/mol. The van der Waals surface area contributed by atoms with Gasteiger partial charge in [0, 0.05) is 23.7 Å². The number of hydrogen-bond donors (Lipinski definition) is 1. The Bertz CT molecular complexity index is 1140. The van der Waals surface area contributed by atoms with E-state index in [4.69, 9.17) is 16.6 Å². The molecule has 0 saturated heterocycles. The summed E-state index contributed by atoms with van der Waals surface area (Å²) in [5, 5.41) is 3.77. The quantitative estimate of drug-likeness (QED) is 0.413. The Hall–Kier alpha value is -2.63. The van der Waals surface area contributed by atoms with Gasteiger partial charge < -0.3 is 9.72 Å². The summed E-state index contributed by atoms with van der Waals surface area (Å²) in [7, 11) is 0. The fraction of sp³-hybridized carbons (Fsp3) is 0.227. The van der Waals surface area contributed by atoms with Gasteiger partial charge in [0.25, 0.3) is 0 Å². The third-order valence-corrected chi connectivity index (χ3v) is 5.01. The molecule has 0 radical (unpaired) electrons. The topological polar surface area (TPSA) is 55.1 Å². The Morgan fingerprint density at radius 1 is 1.10 bits per heavy atom. The van der Waals surface area contributed by atoms with E-state index in [9.17, 15) is 0 Å². The zero-order valence-electron chi connectivity index (χ0n) is 16.6. The molecular formula is C22H23Cl2N5. The van der Waals surface area contributed by atoms with Crippen LogP contribution in [0, 0.1) is 13.8 Å². The van der Waals surface area contributed by atoms with Gasteiger partial charge >= 0.3 is 0 Å². The zero-order valence-corrected chi connectivity index (χ0v) is 18.2. The maximum absolute atomic E-state index is 6.54. The molecule has 0 aromatic carbocycles. The first-order valence-corrected chi connectivity index (χ1v) is 9.76. The van der Waals surface area contributed by atoms with E-state index in [0.29, 0.717) is 10.8 Å². The van der Waals surface area contributed by atoms with Crippen LogP contribution >= 0.6 is 24.0 Å². The molecule has 4 rings (SSSR count). The first-order chi connectivity index (χ1) is 13.6. The van der Waals surface area contributed by atoms with Crippen molar-refractivity contribution in [3.05, 3.63) is 70.9 Å². The van der Waals surface area contributed by atoms with E-state index in [-0.39, 0.29) is 12.4 Å². The van der Waals surface area contributed by atoms with Gasteiger partial charge in [-0.1, -0.05) is 31.0 Å². The van der Waals surface area contributed by atoms with E-state index in [1.165, 1.54) is 5.69 Å². The van der Waals surface area contributed by atoms with E-state index in [1.807, 2.05) is 31.3 Å². The van der Waals surface area contributed by atoms with Crippen LogP contribution in [0.1, 0.15) is 30.3 Å². The van der Waals surface area contributed by atoms with E-state index in [1.54, 1.807) is 6.20 Å². The van der Waals surface area contributed by atoms with Crippen molar-refractivity contribution in [2.24, 2.45) is 0 Å². The average Bonchev–Trinajstić information content (AvgIpc) is 3.05. The molecule has 0 unspecified atom stereocenters. The van der Waals surface area contributed by atoms with E-state index in [2.05, 4.69) is 51.9 Å². The molecular weight excluding hydrogens is 405 g/mol. The van der Waals surface area contributed by atoms with Crippen LogP contribution in [0.15, 0.2) is 48.9 Å². The third kappa shape index (κ3) is 4.21. The second-order valence-electron chi connectivity index (χ2n) is 6.91. The van der Waals surface area contributed by atoms with Crippen molar-refractivity contribution in [1.29, 1.82) is 0 Å². The summed E-state index contributed by atoms with van der Waals surface area (Å²) in [6.45, 7) is 6.21. The monoisotopic (exact) mass is 427 g/mol. The maximum Gasteiger partial charge on any atom is 0.149 e. The lowest BCUT2D eigenvalue weighted by molar-refractivity contribution is 0.869. The fourth-order valence-corrected chi connectivity index (χ4v) is 3.51. The summed E-state index contributed by atoms with van der Waals surface area (Å²) in [6.07, 6.45) is 7.64. The molecule has 0 spiro atoms. The lowest BCUT2D eigenvalue weighted by Gasteiger charge is -2.09. The molecule has 0 aliphatic carbocycles. The van der Waals surface area contributed by atoms with Crippen LogP contribution in [0.4, 0.5) is 11.5 Å². The Balaban J connectivity index is 0.00000240. The number of nitrogens with one attached hydrogen (secondary N) is 1. The van der Waals surface area contributed by atoms with Gasteiger partial charge in [-0.3, -0.25) is 4.98 Å². The van der Waals surface area contributed by atoms with Gasteiger partial charge in [0.2, 0.25) is 0 Å². The molecule has 29 heavy (non-hydrogen) atoms. The molecule has 0 aliphatic rings. The molecule has 0 bridgehead atoms. The van der Waals surface area contributed by atoms with Crippen molar-refractivity contribution in [2.75, 3.05) is 5.32 Å². The van der Waals surface area contributed by atoms with Crippen LogP contribution in [-0.2, 0) is 6.42 Å². The number of rotatable bonds is 5. The van der Waals surface area contributed by atoms with Crippen molar-refractivity contribution in [2.45, 2.75) is 33.6 Å². The highest BCUT2D eigenvalue weighted by atomic mass is 35.5. The van der Waals surface area contributed by atoms with Gasteiger partial charge in [-0.05, 0) is 50.1 Å². The van der Waals surface area contributed by atoms with Crippen LogP contribution in [0.25, 0.3) is 16.9 Å². The molecule has 5 nitrogen and oxygen atoms in total. The summed E-state index contributed by atoms with van der Waals surface area (Å²) < 4.78 is 2.17. The maximum atomic E-state index is 6.54. The second-order valence-corrected chi connectivity index (χ2v) is 7.32. The highest BCUT2D eigenvalue weighted by Gasteiger charge is 2.16. The molecule has 7 heteroatoms. The Kier molecular flexibility index (Phi) is 6.40. The van der Waals surface area contributed by atoms with E-state index in [0.717, 1.165) is 46.7 Å². The number of imidazole rings is 1. The van der Waals surface area contributed by atoms with Crippen molar-refractivity contribution in [3.8, 4) is 11.3 Å². The standard InChI is InChI=1S/C22H22ClN5.ClH/c1-4-6-19-20(27-22-14(2)7-5-10-28(19)22)16-11-18(23)21(25-12-16)26-17-9-8-15(3)24-13-17;/h5,7-13H,4,6H2,1-3H3,(H,25,26);1H. The van der Waals surface area contributed by atoms with Gasteiger partial charge in [-0.2, -0.15) is 0 Å². The molecule has 0 saturated carbocycles. The van der Waals surface area contributed by atoms with E-state index < -0.39 is 0 Å². The molecule has 4 heterocycles. The molecule has 0 aliphatic heterocycles. The number of hydrogen-bond acceptors (Lipinski definition) is 4. The molecule has 0 fully saturated rings. The predicted molar refractivity (Wildman–Crippen MR) is 122 cm³/mol. The normalized spacial score (nSPS) is 10.8. The van der Waals surface area contributed by atoms with Gasteiger partial charge in [0.1, 0.15) is 11.5 Å². The predicted octanol–water partition coefficient (Wildman–Crippen LogP) is 6.18. The van der Waals surface area contributed by atoms with E-state index >= 15 is 0 Å². The molecule has 4 aromatic heterocycles. The van der Waals surface area contributed by atoms with Gasteiger partial charge in [-0.25, -0.2) is 9.97 Å². The summed E-state index contributed by atoms with van der Waals surface area (Å²) in [5.74, 6) is 0.605. The van der Waals surface area contributed by atoms with Crippen LogP contribution in [-0.4, -0.2) is 19.4 Å². The van der Waals surface area contributed by atoms with Gasteiger partial charge in [0.15, 0.2) is 0 Å². The summed E-state index contributed by atoms with van der Waals surface area (Å²) >= 11 is 6.54. The number of nitrogens with zero attached hydrogens (tertiary/aromatic N) is 4. The Morgan fingerprint density at radius 3 is 2.62 bits per heavy atom. The number of aryl methyl sites for hydroxylation is 3. The minimum absolute atomic E-state index is 0. The SMILES string of the molecule is CCCc1c(-c2cnc(Nc3ccc(C)nc3)c(Cl)c2)nc2c(C)cccn12.Cl. The smallest absolute Gasteiger partial charge is 0.149 e. The first kappa shape index (κ1) is 21.1. The highest BCUT2D eigenvalue weighted by Crippen LogP contribution is 2.31. The van der Waals surface area contributed by atoms with Crippen molar-refractivity contribution in [1.82, 2.24) is 19.4 Å². The molecule has 0 amide bonds. The van der Waals surface area contributed by atoms with Crippen molar-refractivity contribution in [3.63, 3.8) is 0 Å². The fourth-order valence-electron chi connectivity index (χ4n) is 3.30. The lowest BCUT2D eigenvalue weighted by atomic mass is 10.1. The zero-order chi connectivity index (χ0) is 19.7. The van der Waals surface area contributed by atoms with Crippen molar-refractivity contribution >= 4 is 41.2 Å². The second kappa shape index (κ2) is 8.80. The molecule has 4 aromatic rings. The van der Waals surface area contributed by atoms with Gasteiger partial charge in [0.05, 0.1) is 28.3 Å². The first-order valence-electron chi connectivity index (χ1n) is 9.39. The minimum atomic E-state index is 0. The van der Waals surface area contributed by atoms with Crippen LogP contribution in [0.2, 0.25) is 5.02 Å². The molecule has 1 N–H and O–H groups in total. The largest absolute Gasteiger partial charge is 0.338 e. The van der Waals surface area contributed by atoms with Crippen molar-refractivity contribution < 1.29 is 0 Å². The van der Waals surface area contributed by atoms with Crippen LogP contribution in [0.3, 0.4) is 0 Å². The number of halogens is 2. The Labute approximate surface area is 181 Å². The molecule has 150 valence electrons. The third-order valence-electron chi connectivity index (χ3n) is 4.72. The Morgan fingerprint density at radius 2 is 1.93 bits per heavy atom.